The van der Waals surface area contributed by atoms with E-state index in [9.17, 15) is 9.00 Å². The Morgan fingerprint density at radius 1 is 1.36 bits per heavy atom. The maximum Gasteiger partial charge on any atom is 0.319 e. The molecular weight excluding hydrogens is 300 g/mol. The summed E-state index contributed by atoms with van der Waals surface area (Å²) in [6.45, 7) is 7.63. The van der Waals surface area contributed by atoms with Crippen LogP contribution < -0.4 is 10.6 Å². The lowest BCUT2D eigenvalue weighted by Crippen LogP contribution is -2.39. The van der Waals surface area contributed by atoms with Gasteiger partial charge in [0.25, 0.3) is 0 Å². The number of urea groups is 1. The first-order valence-corrected chi connectivity index (χ1v) is 8.74. The summed E-state index contributed by atoms with van der Waals surface area (Å²) in [5.41, 5.74) is 1.56. The molecule has 0 saturated carbocycles. The zero-order chi connectivity index (χ0) is 16.8. The van der Waals surface area contributed by atoms with Crippen molar-refractivity contribution in [2.75, 3.05) is 11.9 Å². The van der Waals surface area contributed by atoms with Gasteiger partial charge in [0.15, 0.2) is 0 Å². The topological polar surface area (TPSA) is 78.4 Å². The van der Waals surface area contributed by atoms with Crippen molar-refractivity contribution in [3.05, 3.63) is 29.8 Å². The van der Waals surface area contributed by atoms with Gasteiger partial charge in [0, 0.05) is 27.0 Å². The number of anilines is 1. The lowest BCUT2D eigenvalue weighted by molar-refractivity contribution is 0.222. The van der Waals surface area contributed by atoms with E-state index in [1.54, 1.807) is 6.07 Å². The average molecular weight is 326 g/mol. The van der Waals surface area contributed by atoms with Crippen molar-refractivity contribution < 1.29 is 14.1 Å². The van der Waals surface area contributed by atoms with Crippen LogP contribution in [0.5, 0.6) is 0 Å². The first-order valence-electron chi connectivity index (χ1n) is 7.42. The number of amides is 2. The molecule has 6 heteroatoms. The number of hydrogen-bond acceptors (Lipinski definition) is 3. The van der Waals surface area contributed by atoms with E-state index in [4.69, 9.17) is 5.11 Å². The second-order valence-corrected chi connectivity index (χ2v) is 8.39. The van der Waals surface area contributed by atoms with Crippen LogP contribution in [0.2, 0.25) is 0 Å². The fraction of sp³-hybridized carbons (Fsp3) is 0.562. The molecule has 0 saturated heterocycles. The summed E-state index contributed by atoms with van der Waals surface area (Å²) in [5, 5.41) is 14.5. The molecular formula is C16H26N2O3S. The third kappa shape index (κ3) is 6.15. The van der Waals surface area contributed by atoms with Crippen LogP contribution in [0.4, 0.5) is 10.5 Å². The van der Waals surface area contributed by atoms with Gasteiger partial charge in [-0.25, -0.2) is 4.79 Å². The summed E-state index contributed by atoms with van der Waals surface area (Å²) in [4.78, 5) is 11.8. The van der Waals surface area contributed by atoms with Gasteiger partial charge in [0.1, 0.15) is 0 Å². The van der Waals surface area contributed by atoms with E-state index in [-0.39, 0.29) is 23.4 Å². The Balaban J connectivity index is 2.68. The summed E-state index contributed by atoms with van der Waals surface area (Å²) < 4.78 is 11.9. The molecule has 0 aliphatic carbocycles. The molecule has 5 nitrogen and oxygen atoms in total. The third-order valence-corrected chi connectivity index (χ3v) is 5.18. The van der Waals surface area contributed by atoms with Crippen LogP contribution in [0.1, 0.15) is 39.7 Å². The predicted octanol–water partition coefficient (Wildman–Crippen LogP) is 2.63. The molecule has 0 fully saturated rings. The number of carbonyl (C=O) groups excluding carboxylic acids is 1. The Hall–Kier alpha value is -1.40. The smallest absolute Gasteiger partial charge is 0.319 e. The molecule has 0 spiro atoms. The van der Waals surface area contributed by atoms with E-state index in [0.717, 1.165) is 5.56 Å². The van der Waals surface area contributed by atoms with Crippen LogP contribution in [0.15, 0.2) is 24.3 Å². The summed E-state index contributed by atoms with van der Waals surface area (Å²) in [6.07, 6.45) is 0.661. The van der Waals surface area contributed by atoms with Gasteiger partial charge < -0.3 is 15.7 Å². The molecule has 2 atom stereocenters. The van der Waals surface area contributed by atoms with Crippen LogP contribution >= 0.6 is 0 Å². The third-order valence-electron chi connectivity index (χ3n) is 3.21. The highest BCUT2D eigenvalue weighted by molar-refractivity contribution is 7.85. The van der Waals surface area contributed by atoms with Crippen LogP contribution in [0.25, 0.3) is 0 Å². The van der Waals surface area contributed by atoms with Crippen LogP contribution in [-0.2, 0) is 16.6 Å². The van der Waals surface area contributed by atoms with E-state index in [0.29, 0.717) is 17.9 Å². The highest BCUT2D eigenvalue weighted by Crippen LogP contribution is 2.18. The van der Waals surface area contributed by atoms with E-state index in [1.807, 2.05) is 45.9 Å². The van der Waals surface area contributed by atoms with Crippen LogP contribution in [0, 0.1) is 0 Å². The van der Waals surface area contributed by atoms with Crippen molar-refractivity contribution in [3.8, 4) is 0 Å². The zero-order valence-corrected chi connectivity index (χ0v) is 14.5. The average Bonchev–Trinajstić information content (AvgIpc) is 2.44. The first-order chi connectivity index (χ1) is 10.3. The van der Waals surface area contributed by atoms with Gasteiger partial charge in [-0.05, 0) is 44.9 Å². The van der Waals surface area contributed by atoms with Crippen molar-refractivity contribution >= 4 is 22.5 Å². The number of rotatable bonds is 6. The lowest BCUT2D eigenvalue weighted by Gasteiger charge is -2.18. The van der Waals surface area contributed by atoms with Crippen molar-refractivity contribution in [1.29, 1.82) is 0 Å². The number of hydrogen-bond donors (Lipinski definition) is 3. The second-order valence-electron chi connectivity index (χ2n) is 6.19. The molecule has 0 aliphatic rings. The Morgan fingerprint density at radius 2 is 2.05 bits per heavy atom. The molecule has 3 N–H and O–H groups in total. The number of nitrogens with one attached hydrogen (secondary N) is 2. The molecule has 22 heavy (non-hydrogen) atoms. The standard InChI is InChI=1S/C16H26N2O3S/c1-5-13(10-19)17-15(20)18-14-8-6-7-12(9-14)11-22(21)16(2,3)4/h6-9,13,19H,5,10-11H2,1-4H3,(H2,17,18,20). The Kier molecular flexibility index (Phi) is 7.03. The Morgan fingerprint density at radius 3 is 2.59 bits per heavy atom. The van der Waals surface area contributed by atoms with Gasteiger partial charge in [-0.2, -0.15) is 0 Å². The fourth-order valence-electron chi connectivity index (χ4n) is 1.74. The van der Waals surface area contributed by atoms with E-state index < -0.39 is 10.8 Å². The monoisotopic (exact) mass is 326 g/mol. The molecule has 1 aromatic carbocycles. The van der Waals surface area contributed by atoms with E-state index in [2.05, 4.69) is 10.6 Å². The molecule has 0 aliphatic heterocycles. The summed E-state index contributed by atoms with van der Waals surface area (Å²) in [5.74, 6) is 0.453. The minimum Gasteiger partial charge on any atom is -0.394 e. The van der Waals surface area contributed by atoms with Gasteiger partial charge in [-0.3, -0.25) is 4.21 Å². The predicted molar refractivity (Wildman–Crippen MR) is 91.4 cm³/mol. The van der Waals surface area contributed by atoms with Crippen LogP contribution in [0.3, 0.4) is 0 Å². The molecule has 2 unspecified atom stereocenters. The quantitative estimate of drug-likeness (QED) is 0.752. The number of aliphatic hydroxyl groups is 1. The Bertz CT molecular complexity index is 522. The van der Waals surface area contributed by atoms with Gasteiger partial charge >= 0.3 is 6.03 Å². The minimum atomic E-state index is -0.983. The molecule has 2 amide bonds. The normalized spacial score (nSPS) is 14.2. The zero-order valence-electron chi connectivity index (χ0n) is 13.7. The second kappa shape index (κ2) is 8.29. The maximum absolute atomic E-state index is 12.2. The minimum absolute atomic E-state index is 0.0888. The first kappa shape index (κ1) is 18.6. The van der Waals surface area contributed by atoms with E-state index in [1.165, 1.54) is 0 Å². The highest BCUT2D eigenvalue weighted by Gasteiger charge is 2.19. The summed E-state index contributed by atoms with van der Waals surface area (Å²) >= 11 is 0. The summed E-state index contributed by atoms with van der Waals surface area (Å²) in [6, 6.07) is 6.72. The number of benzene rings is 1. The SMILES string of the molecule is CCC(CO)NC(=O)Nc1cccc(CS(=O)C(C)(C)C)c1. The lowest BCUT2D eigenvalue weighted by atomic mass is 10.2. The molecule has 0 aromatic heterocycles. The van der Waals surface area contributed by atoms with Gasteiger partial charge in [0.05, 0.1) is 12.6 Å². The molecule has 0 heterocycles. The highest BCUT2D eigenvalue weighted by atomic mass is 32.2. The van der Waals surface area contributed by atoms with Gasteiger partial charge in [-0.15, -0.1) is 0 Å². The van der Waals surface area contributed by atoms with Crippen molar-refractivity contribution in [1.82, 2.24) is 5.32 Å². The van der Waals surface area contributed by atoms with Crippen molar-refractivity contribution in [2.24, 2.45) is 0 Å². The summed E-state index contributed by atoms with van der Waals surface area (Å²) in [7, 11) is -0.983. The van der Waals surface area contributed by atoms with Crippen molar-refractivity contribution in [2.45, 2.75) is 50.7 Å². The molecule has 1 aromatic rings. The number of aliphatic hydroxyl groups excluding tert-OH is 1. The van der Waals surface area contributed by atoms with E-state index >= 15 is 0 Å². The molecule has 0 radical (unpaired) electrons. The maximum atomic E-state index is 12.2. The molecule has 0 bridgehead atoms. The largest absolute Gasteiger partial charge is 0.394 e. The van der Waals surface area contributed by atoms with Gasteiger partial charge in [0.2, 0.25) is 0 Å². The fourth-order valence-corrected chi connectivity index (χ4v) is 2.65. The van der Waals surface area contributed by atoms with Crippen LogP contribution in [-0.4, -0.2) is 32.7 Å². The van der Waals surface area contributed by atoms with Crippen molar-refractivity contribution in [3.63, 3.8) is 0 Å². The molecule has 124 valence electrons. The number of carbonyl (C=O) groups is 1. The Labute approximate surface area is 135 Å². The molecule has 1 rings (SSSR count). The van der Waals surface area contributed by atoms with Gasteiger partial charge in [-0.1, -0.05) is 19.1 Å².